The van der Waals surface area contributed by atoms with Crippen LogP contribution in [0.15, 0.2) is 18.2 Å². The van der Waals surface area contributed by atoms with Gasteiger partial charge in [-0.1, -0.05) is 44.5 Å². The van der Waals surface area contributed by atoms with Crippen LogP contribution >= 0.6 is 0 Å². The molecule has 1 aromatic rings. The van der Waals surface area contributed by atoms with Crippen LogP contribution in [0.1, 0.15) is 63.1 Å². The Labute approximate surface area is 118 Å². The predicted molar refractivity (Wildman–Crippen MR) is 81.2 cm³/mol. The SMILES string of the molecule is Cc1ccc(C2(O)CCC(C(C)(C)C)CC2)c(C)c1. The molecule has 0 aromatic heterocycles. The van der Waals surface area contributed by atoms with Crippen LogP contribution in [0.3, 0.4) is 0 Å². The summed E-state index contributed by atoms with van der Waals surface area (Å²) in [5.74, 6) is 0.735. The molecule has 0 amide bonds. The van der Waals surface area contributed by atoms with Crippen LogP contribution in [0.5, 0.6) is 0 Å². The summed E-state index contributed by atoms with van der Waals surface area (Å²) in [4.78, 5) is 0. The minimum absolute atomic E-state index is 0.365. The summed E-state index contributed by atoms with van der Waals surface area (Å²) >= 11 is 0. The molecule has 19 heavy (non-hydrogen) atoms. The second kappa shape index (κ2) is 4.94. The van der Waals surface area contributed by atoms with Gasteiger partial charge >= 0.3 is 0 Å². The van der Waals surface area contributed by atoms with E-state index in [2.05, 4.69) is 52.8 Å². The molecule has 0 heterocycles. The average molecular weight is 260 g/mol. The zero-order valence-electron chi connectivity index (χ0n) is 13.1. The van der Waals surface area contributed by atoms with Crippen LogP contribution in [0, 0.1) is 25.2 Å². The fourth-order valence-electron chi connectivity index (χ4n) is 3.57. The quantitative estimate of drug-likeness (QED) is 0.774. The molecule has 0 spiro atoms. The first-order valence-electron chi connectivity index (χ1n) is 7.52. The number of benzene rings is 1. The number of aliphatic hydroxyl groups is 1. The minimum atomic E-state index is -0.598. The lowest BCUT2D eigenvalue weighted by molar-refractivity contribution is -0.0302. The van der Waals surface area contributed by atoms with Gasteiger partial charge in [0, 0.05) is 0 Å². The Morgan fingerprint density at radius 1 is 1.11 bits per heavy atom. The summed E-state index contributed by atoms with van der Waals surface area (Å²) in [6.45, 7) is 11.2. The summed E-state index contributed by atoms with van der Waals surface area (Å²) in [6.07, 6.45) is 4.07. The van der Waals surface area contributed by atoms with Crippen molar-refractivity contribution in [3.63, 3.8) is 0 Å². The normalized spacial score (nSPS) is 28.4. The van der Waals surface area contributed by atoms with Crippen molar-refractivity contribution in [2.24, 2.45) is 11.3 Å². The Bertz CT molecular complexity index is 445. The van der Waals surface area contributed by atoms with Crippen molar-refractivity contribution in [2.45, 2.75) is 65.9 Å². The molecular weight excluding hydrogens is 232 g/mol. The van der Waals surface area contributed by atoms with Crippen LogP contribution in [-0.4, -0.2) is 5.11 Å². The van der Waals surface area contributed by atoms with Gasteiger partial charge in [-0.2, -0.15) is 0 Å². The first-order valence-corrected chi connectivity index (χ1v) is 7.52. The van der Waals surface area contributed by atoms with E-state index >= 15 is 0 Å². The maximum absolute atomic E-state index is 11.0. The third kappa shape index (κ3) is 3.02. The van der Waals surface area contributed by atoms with E-state index in [1.165, 1.54) is 11.1 Å². The topological polar surface area (TPSA) is 20.2 Å². The third-order valence-electron chi connectivity index (χ3n) is 4.92. The van der Waals surface area contributed by atoms with Gasteiger partial charge < -0.3 is 5.11 Å². The molecule has 1 fully saturated rings. The number of aryl methyl sites for hydroxylation is 2. The van der Waals surface area contributed by atoms with Crippen molar-refractivity contribution in [3.05, 3.63) is 34.9 Å². The Hall–Kier alpha value is -0.820. The molecule has 0 unspecified atom stereocenters. The molecule has 2 rings (SSSR count). The molecule has 1 aliphatic carbocycles. The van der Waals surface area contributed by atoms with Crippen LogP contribution in [0.4, 0.5) is 0 Å². The molecule has 0 atom stereocenters. The fourth-order valence-corrected chi connectivity index (χ4v) is 3.57. The molecule has 1 aliphatic rings. The monoisotopic (exact) mass is 260 g/mol. The van der Waals surface area contributed by atoms with Gasteiger partial charge in [0.1, 0.15) is 0 Å². The highest BCUT2D eigenvalue weighted by atomic mass is 16.3. The second-order valence-electron chi connectivity index (χ2n) is 7.49. The van der Waals surface area contributed by atoms with E-state index in [0.717, 1.165) is 37.2 Å². The zero-order chi connectivity index (χ0) is 14.3. The van der Waals surface area contributed by atoms with E-state index < -0.39 is 5.60 Å². The zero-order valence-corrected chi connectivity index (χ0v) is 13.1. The highest BCUT2D eigenvalue weighted by Gasteiger charge is 2.38. The van der Waals surface area contributed by atoms with Crippen molar-refractivity contribution >= 4 is 0 Å². The summed E-state index contributed by atoms with van der Waals surface area (Å²) in [6, 6.07) is 6.43. The summed E-state index contributed by atoms with van der Waals surface area (Å²) in [5, 5.41) is 11.0. The predicted octanol–water partition coefficient (Wildman–Crippen LogP) is 4.73. The maximum Gasteiger partial charge on any atom is 0.0899 e. The van der Waals surface area contributed by atoms with E-state index in [4.69, 9.17) is 0 Å². The van der Waals surface area contributed by atoms with E-state index in [1.54, 1.807) is 0 Å². The second-order valence-corrected chi connectivity index (χ2v) is 7.49. The third-order valence-corrected chi connectivity index (χ3v) is 4.92. The largest absolute Gasteiger partial charge is 0.385 e. The standard InChI is InChI=1S/C18H28O/c1-13-6-7-16(14(2)12-13)18(19)10-8-15(9-11-18)17(3,4)5/h6-7,12,15,19H,8-11H2,1-5H3. The molecule has 1 nitrogen and oxygen atoms in total. The molecule has 1 saturated carbocycles. The summed E-state index contributed by atoms with van der Waals surface area (Å²) < 4.78 is 0. The van der Waals surface area contributed by atoms with E-state index in [0.29, 0.717) is 5.41 Å². The van der Waals surface area contributed by atoms with Crippen LogP contribution in [0.25, 0.3) is 0 Å². The maximum atomic E-state index is 11.0. The molecule has 0 radical (unpaired) electrons. The highest BCUT2D eigenvalue weighted by Crippen LogP contribution is 2.46. The lowest BCUT2D eigenvalue weighted by Crippen LogP contribution is -2.36. The van der Waals surface area contributed by atoms with Gasteiger partial charge in [0.05, 0.1) is 5.60 Å². The summed E-state index contributed by atoms with van der Waals surface area (Å²) in [7, 11) is 0. The average Bonchev–Trinajstić information content (AvgIpc) is 2.27. The molecule has 0 bridgehead atoms. The van der Waals surface area contributed by atoms with Crippen molar-refractivity contribution in [2.75, 3.05) is 0 Å². The van der Waals surface area contributed by atoms with Gasteiger partial charge in [-0.25, -0.2) is 0 Å². The number of hydrogen-bond acceptors (Lipinski definition) is 1. The Balaban J connectivity index is 2.18. The van der Waals surface area contributed by atoms with Crippen molar-refractivity contribution < 1.29 is 5.11 Å². The lowest BCUT2D eigenvalue weighted by atomic mass is 9.66. The van der Waals surface area contributed by atoms with E-state index in [-0.39, 0.29) is 0 Å². The summed E-state index contributed by atoms with van der Waals surface area (Å²) in [5.41, 5.74) is 3.42. The van der Waals surface area contributed by atoms with Gasteiger partial charge in [0.15, 0.2) is 0 Å². The van der Waals surface area contributed by atoms with Crippen molar-refractivity contribution in [1.82, 2.24) is 0 Å². The van der Waals surface area contributed by atoms with Gasteiger partial charge in [-0.05, 0) is 62.0 Å². The molecule has 1 aromatic carbocycles. The molecule has 0 aliphatic heterocycles. The van der Waals surface area contributed by atoms with Gasteiger partial charge in [-0.15, -0.1) is 0 Å². The van der Waals surface area contributed by atoms with Gasteiger partial charge in [0.25, 0.3) is 0 Å². The molecular formula is C18H28O. The highest BCUT2D eigenvalue weighted by molar-refractivity contribution is 5.35. The molecule has 0 saturated heterocycles. The first kappa shape index (κ1) is 14.6. The first-order chi connectivity index (χ1) is 8.72. The lowest BCUT2D eigenvalue weighted by Gasteiger charge is -2.42. The molecule has 106 valence electrons. The van der Waals surface area contributed by atoms with Gasteiger partial charge in [0.2, 0.25) is 0 Å². The number of rotatable bonds is 1. The number of hydrogen-bond donors (Lipinski definition) is 1. The van der Waals surface area contributed by atoms with E-state index in [9.17, 15) is 5.11 Å². The molecule has 1 N–H and O–H groups in total. The van der Waals surface area contributed by atoms with Crippen LogP contribution in [0.2, 0.25) is 0 Å². The van der Waals surface area contributed by atoms with Crippen molar-refractivity contribution in [1.29, 1.82) is 0 Å². The van der Waals surface area contributed by atoms with Crippen molar-refractivity contribution in [3.8, 4) is 0 Å². The Morgan fingerprint density at radius 3 is 2.16 bits per heavy atom. The minimum Gasteiger partial charge on any atom is -0.385 e. The fraction of sp³-hybridized carbons (Fsp3) is 0.667. The Morgan fingerprint density at radius 2 is 1.68 bits per heavy atom. The van der Waals surface area contributed by atoms with Crippen LogP contribution in [-0.2, 0) is 5.60 Å². The van der Waals surface area contributed by atoms with Gasteiger partial charge in [-0.3, -0.25) is 0 Å². The smallest absolute Gasteiger partial charge is 0.0899 e. The van der Waals surface area contributed by atoms with E-state index in [1.807, 2.05) is 0 Å². The molecule has 1 heteroatoms. The van der Waals surface area contributed by atoms with Crippen LogP contribution < -0.4 is 0 Å². The Kier molecular flexibility index (Phi) is 3.79.